The van der Waals surface area contributed by atoms with E-state index in [9.17, 15) is 22.8 Å². The molecule has 0 radical (unpaired) electrons. The van der Waals surface area contributed by atoms with Gasteiger partial charge in [0.2, 0.25) is 10.0 Å². The molecule has 0 aliphatic heterocycles. The molecule has 0 heterocycles. The SMILES string of the molecule is COC(=O)CCN(CC(=O)OC)C(=O)c1ccc(NS(C)(=O)=O)cc1. The molecular formula is C15H20N2O7S. The minimum absolute atomic E-state index is 0.0239. The summed E-state index contributed by atoms with van der Waals surface area (Å²) in [7, 11) is -1.01. The Hall–Kier alpha value is -2.62. The van der Waals surface area contributed by atoms with Gasteiger partial charge in [-0.3, -0.25) is 19.1 Å². The number of amides is 1. The third-order valence-electron chi connectivity index (χ3n) is 3.08. The van der Waals surface area contributed by atoms with Crippen LogP contribution in [0.25, 0.3) is 0 Å². The second-order valence-electron chi connectivity index (χ2n) is 5.08. The van der Waals surface area contributed by atoms with Gasteiger partial charge in [-0.25, -0.2) is 8.42 Å². The number of hydrogen-bond donors (Lipinski definition) is 1. The van der Waals surface area contributed by atoms with E-state index in [2.05, 4.69) is 14.2 Å². The maximum absolute atomic E-state index is 12.5. The van der Waals surface area contributed by atoms with E-state index in [1.54, 1.807) is 0 Å². The number of carbonyl (C=O) groups is 3. The number of sulfonamides is 1. The number of nitrogens with zero attached hydrogens (tertiary/aromatic N) is 1. The summed E-state index contributed by atoms with van der Waals surface area (Å²) in [6.45, 7) is -0.348. The molecule has 0 fully saturated rings. The third-order valence-corrected chi connectivity index (χ3v) is 3.69. The molecule has 1 amide bonds. The van der Waals surface area contributed by atoms with Gasteiger partial charge in [0.05, 0.1) is 26.9 Å². The average molecular weight is 372 g/mol. The van der Waals surface area contributed by atoms with Crippen LogP contribution in [0, 0.1) is 0 Å². The maximum atomic E-state index is 12.5. The van der Waals surface area contributed by atoms with E-state index >= 15 is 0 Å². The molecule has 0 saturated heterocycles. The van der Waals surface area contributed by atoms with E-state index in [-0.39, 0.29) is 25.1 Å². The van der Waals surface area contributed by atoms with Crippen molar-refractivity contribution < 1.29 is 32.3 Å². The van der Waals surface area contributed by atoms with E-state index in [1.807, 2.05) is 0 Å². The molecule has 0 aromatic heterocycles. The molecule has 1 aromatic rings. The predicted octanol–water partition coefficient (Wildman–Crippen LogP) is 0.236. The normalized spacial score (nSPS) is 10.7. The fourth-order valence-corrected chi connectivity index (χ4v) is 2.44. The lowest BCUT2D eigenvalue weighted by Gasteiger charge is -2.21. The number of esters is 2. The maximum Gasteiger partial charge on any atom is 0.325 e. The quantitative estimate of drug-likeness (QED) is 0.649. The molecular weight excluding hydrogens is 352 g/mol. The van der Waals surface area contributed by atoms with Crippen molar-refractivity contribution in [3.05, 3.63) is 29.8 Å². The highest BCUT2D eigenvalue weighted by atomic mass is 32.2. The Morgan fingerprint density at radius 2 is 1.60 bits per heavy atom. The van der Waals surface area contributed by atoms with Crippen molar-refractivity contribution in [3.63, 3.8) is 0 Å². The first kappa shape index (κ1) is 20.4. The first-order chi connectivity index (χ1) is 11.7. The van der Waals surface area contributed by atoms with Crippen LogP contribution in [0.15, 0.2) is 24.3 Å². The van der Waals surface area contributed by atoms with Gasteiger partial charge < -0.3 is 14.4 Å². The predicted molar refractivity (Wildman–Crippen MR) is 89.5 cm³/mol. The summed E-state index contributed by atoms with van der Waals surface area (Å²) < 4.78 is 33.7. The highest BCUT2D eigenvalue weighted by molar-refractivity contribution is 7.92. The zero-order valence-electron chi connectivity index (χ0n) is 14.1. The minimum atomic E-state index is -3.42. The summed E-state index contributed by atoms with van der Waals surface area (Å²) in [6, 6.07) is 5.67. The van der Waals surface area contributed by atoms with E-state index < -0.39 is 27.9 Å². The van der Waals surface area contributed by atoms with Crippen molar-refractivity contribution in [3.8, 4) is 0 Å². The second-order valence-corrected chi connectivity index (χ2v) is 6.83. The molecule has 0 unspecified atom stereocenters. The van der Waals surface area contributed by atoms with Crippen molar-refractivity contribution in [2.45, 2.75) is 6.42 Å². The first-order valence-corrected chi connectivity index (χ1v) is 9.06. The van der Waals surface area contributed by atoms with Crippen LogP contribution < -0.4 is 4.72 Å². The van der Waals surface area contributed by atoms with Gasteiger partial charge in [0, 0.05) is 17.8 Å². The van der Waals surface area contributed by atoms with Gasteiger partial charge in [-0.05, 0) is 24.3 Å². The van der Waals surface area contributed by atoms with Gasteiger partial charge in [-0.15, -0.1) is 0 Å². The Bertz CT molecular complexity index is 729. The van der Waals surface area contributed by atoms with Crippen LogP contribution in [0.2, 0.25) is 0 Å². The minimum Gasteiger partial charge on any atom is -0.469 e. The van der Waals surface area contributed by atoms with Crippen LogP contribution in [0.5, 0.6) is 0 Å². The molecule has 25 heavy (non-hydrogen) atoms. The summed E-state index contributed by atoms with van der Waals surface area (Å²) >= 11 is 0. The highest BCUT2D eigenvalue weighted by Gasteiger charge is 2.20. The number of nitrogens with one attached hydrogen (secondary N) is 1. The van der Waals surface area contributed by atoms with Crippen LogP contribution in [0.1, 0.15) is 16.8 Å². The number of benzene rings is 1. The van der Waals surface area contributed by atoms with Gasteiger partial charge in [0.1, 0.15) is 6.54 Å². The molecule has 0 saturated carbocycles. The fourth-order valence-electron chi connectivity index (χ4n) is 1.88. The number of methoxy groups -OCH3 is 2. The Balaban J connectivity index is 2.91. The van der Waals surface area contributed by atoms with Crippen molar-refractivity contribution in [1.82, 2.24) is 4.90 Å². The van der Waals surface area contributed by atoms with Crippen molar-refractivity contribution in [2.24, 2.45) is 0 Å². The van der Waals surface area contributed by atoms with E-state index in [0.717, 1.165) is 11.2 Å². The zero-order valence-corrected chi connectivity index (χ0v) is 15.0. The molecule has 10 heteroatoms. The Labute approximate surface area is 145 Å². The monoisotopic (exact) mass is 372 g/mol. The van der Waals surface area contributed by atoms with E-state index in [1.165, 1.54) is 38.5 Å². The molecule has 1 aromatic carbocycles. The fraction of sp³-hybridized carbons (Fsp3) is 0.400. The van der Waals surface area contributed by atoms with Crippen molar-refractivity contribution in [2.75, 3.05) is 38.3 Å². The largest absolute Gasteiger partial charge is 0.469 e. The number of carbonyl (C=O) groups excluding carboxylic acids is 3. The van der Waals surface area contributed by atoms with Crippen LogP contribution >= 0.6 is 0 Å². The van der Waals surface area contributed by atoms with Crippen LogP contribution in [-0.4, -0.2) is 64.7 Å². The van der Waals surface area contributed by atoms with E-state index in [0.29, 0.717) is 5.69 Å². The molecule has 1 N–H and O–H groups in total. The number of ether oxygens (including phenoxy) is 2. The third kappa shape index (κ3) is 7.21. The Kier molecular flexibility index (Phi) is 7.37. The summed E-state index contributed by atoms with van der Waals surface area (Å²) in [5, 5.41) is 0. The average Bonchev–Trinajstić information content (AvgIpc) is 2.56. The zero-order chi connectivity index (χ0) is 19.0. The Morgan fingerprint density at radius 1 is 1.04 bits per heavy atom. The van der Waals surface area contributed by atoms with E-state index in [4.69, 9.17) is 0 Å². The van der Waals surface area contributed by atoms with Crippen LogP contribution in [-0.2, 0) is 29.1 Å². The molecule has 0 bridgehead atoms. The Morgan fingerprint density at radius 3 is 2.08 bits per heavy atom. The lowest BCUT2D eigenvalue weighted by Crippen LogP contribution is -2.37. The summed E-state index contributed by atoms with van der Waals surface area (Å²) in [5.41, 5.74) is 0.529. The lowest BCUT2D eigenvalue weighted by atomic mass is 10.1. The molecule has 138 valence electrons. The smallest absolute Gasteiger partial charge is 0.325 e. The summed E-state index contributed by atoms with van der Waals surface area (Å²) in [5.74, 6) is -1.65. The topological polar surface area (TPSA) is 119 Å². The highest BCUT2D eigenvalue weighted by Crippen LogP contribution is 2.13. The number of rotatable bonds is 8. The lowest BCUT2D eigenvalue weighted by molar-refractivity contribution is -0.143. The van der Waals surface area contributed by atoms with Gasteiger partial charge in [0.25, 0.3) is 5.91 Å². The second kappa shape index (κ2) is 9.02. The van der Waals surface area contributed by atoms with Gasteiger partial charge >= 0.3 is 11.9 Å². The molecule has 0 atom stereocenters. The summed E-state index contributed by atoms with van der Waals surface area (Å²) in [6.07, 6.45) is 0.934. The van der Waals surface area contributed by atoms with Gasteiger partial charge in [-0.2, -0.15) is 0 Å². The van der Waals surface area contributed by atoms with Crippen molar-refractivity contribution >= 4 is 33.6 Å². The van der Waals surface area contributed by atoms with Gasteiger partial charge in [-0.1, -0.05) is 0 Å². The summed E-state index contributed by atoms with van der Waals surface area (Å²) in [4.78, 5) is 36.4. The van der Waals surface area contributed by atoms with Crippen LogP contribution in [0.4, 0.5) is 5.69 Å². The standard InChI is InChI=1S/C15H20N2O7S/c1-23-13(18)8-9-17(10-14(19)24-2)15(20)11-4-6-12(7-5-11)16-25(3,21)22/h4-7,16H,8-10H2,1-3H3. The molecule has 0 aliphatic carbocycles. The first-order valence-electron chi connectivity index (χ1n) is 7.17. The number of hydrogen-bond acceptors (Lipinski definition) is 7. The van der Waals surface area contributed by atoms with Crippen LogP contribution in [0.3, 0.4) is 0 Å². The van der Waals surface area contributed by atoms with Crippen molar-refractivity contribution in [1.29, 1.82) is 0 Å². The molecule has 1 rings (SSSR count). The van der Waals surface area contributed by atoms with Gasteiger partial charge in [0.15, 0.2) is 0 Å². The molecule has 9 nitrogen and oxygen atoms in total. The molecule has 0 aliphatic rings. The number of anilines is 1. The molecule has 0 spiro atoms.